The van der Waals surface area contributed by atoms with Crippen LogP contribution in [0.5, 0.6) is 0 Å². The molecule has 0 aliphatic heterocycles. The third-order valence-electron chi connectivity index (χ3n) is 3.00. The zero-order valence-corrected chi connectivity index (χ0v) is 15.0. The first-order chi connectivity index (χ1) is 11.3. The number of sulfonamides is 1. The Morgan fingerprint density at radius 2 is 2.12 bits per heavy atom. The van der Waals surface area contributed by atoms with Gasteiger partial charge in [0.2, 0.25) is 10.0 Å². The number of nitrogens with zero attached hydrogens (tertiary/aromatic N) is 1. The molecule has 0 aliphatic carbocycles. The predicted molar refractivity (Wildman–Crippen MR) is 99.0 cm³/mol. The zero-order valence-electron chi connectivity index (χ0n) is 13.4. The van der Waals surface area contributed by atoms with Crippen LogP contribution in [0.4, 0.5) is 5.69 Å². The van der Waals surface area contributed by atoms with Gasteiger partial charge in [-0.25, -0.2) is 18.1 Å². The van der Waals surface area contributed by atoms with Crippen LogP contribution in [-0.2, 0) is 10.0 Å². The number of nitrogens with one attached hydrogen (secondary N) is 2. The smallest absolute Gasteiger partial charge is 0.240 e. The van der Waals surface area contributed by atoms with Gasteiger partial charge in [-0.1, -0.05) is 18.7 Å². The van der Waals surface area contributed by atoms with Gasteiger partial charge in [-0.3, -0.25) is 0 Å². The van der Waals surface area contributed by atoms with E-state index in [9.17, 15) is 8.42 Å². The van der Waals surface area contributed by atoms with E-state index in [2.05, 4.69) is 21.6 Å². The molecule has 0 fully saturated rings. The van der Waals surface area contributed by atoms with Crippen molar-refractivity contribution in [2.75, 3.05) is 18.8 Å². The Morgan fingerprint density at radius 1 is 1.42 bits per heavy atom. The minimum absolute atomic E-state index is 0.0962. The number of hydrogen-bond acceptors (Lipinski definition) is 5. The lowest BCUT2D eigenvalue weighted by Gasteiger charge is -2.10. The van der Waals surface area contributed by atoms with Gasteiger partial charge in [-0.15, -0.1) is 0 Å². The minimum atomic E-state index is -3.58. The number of rotatable bonds is 9. The van der Waals surface area contributed by atoms with Crippen LogP contribution in [0.15, 0.2) is 58.2 Å². The van der Waals surface area contributed by atoms with Gasteiger partial charge < -0.3 is 16.8 Å². The first kappa shape index (κ1) is 20.0. The van der Waals surface area contributed by atoms with E-state index < -0.39 is 10.0 Å². The van der Waals surface area contributed by atoms with Gasteiger partial charge in [0.05, 0.1) is 4.90 Å². The van der Waals surface area contributed by atoms with Gasteiger partial charge in [0.1, 0.15) is 5.82 Å². The average molecular weight is 372 g/mol. The van der Waals surface area contributed by atoms with E-state index in [-0.39, 0.29) is 16.7 Å². The zero-order chi connectivity index (χ0) is 18.2. The molecular weight excluding hydrogens is 350 g/mol. The van der Waals surface area contributed by atoms with Crippen LogP contribution in [-0.4, -0.2) is 26.8 Å². The molecule has 0 saturated heterocycles. The number of amidine groups is 1. The fourth-order valence-electron chi connectivity index (χ4n) is 1.74. The van der Waals surface area contributed by atoms with Crippen molar-refractivity contribution < 1.29 is 8.42 Å². The topological polar surface area (TPSA) is 123 Å². The molecule has 0 heterocycles. The van der Waals surface area contributed by atoms with Crippen LogP contribution in [0, 0.1) is 0 Å². The minimum Gasteiger partial charge on any atom is -0.399 e. The summed E-state index contributed by atoms with van der Waals surface area (Å²) in [5.41, 5.74) is 12.1. The van der Waals surface area contributed by atoms with Crippen LogP contribution in [0.25, 0.3) is 0 Å². The maximum Gasteiger partial charge on any atom is 0.240 e. The summed E-state index contributed by atoms with van der Waals surface area (Å²) < 4.78 is 26.7. The molecule has 0 saturated carbocycles. The normalized spacial score (nSPS) is 13.3. The number of benzene rings is 1. The number of halogens is 1. The number of hydrogen-bond donors (Lipinski definition) is 4. The third-order valence-corrected chi connectivity index (χ3v) is 4.55. The standard InChI is InChI=1S/C15H22ClN5O2S/c1-3-11(2)14(21-15(16)18)19-8-5-9-20-24(22,23)13-7-4-6-12(17)10-13/h3-4,6-7,10,19-20H,1,5,8-9,17H2,2H3,(H2,18,21)/b14-11-. The van der Waals surface area contributed by atoms with E-state index in [4.69, 9.17) is 23.1 Å². The fourth-order valence-corrected chi connectivity index (χ4v) is 2.95. The second-order valence-electron chi connectivity index (χ2n) is 4.92. The Labute approximate surface area is 147 Å². The molecule has 24 heavy (non-hydrogen) atoms. The number of aliphatic imine (C=N–C) groups is 1. The van der Waals surface area contributed by atoms with Crippen LogP contribution in [0.1, 0.15) is 13.3 Å². The van der Waals surface area contributed by atoms with Crippen LogP contribution in [0.3, 0.4) is 0 Å². The molecule has 1 rings (SSSR count). The van der Waals surface area contributed by atoms with Crippen molar-refractivity contribution in [2.24, 2.45) is 10.7 Å². The molecule has 0 aliphatic rings. The molecule has 1 aromatic carbocycles. The molecule has 0 atom stereocenters. The lowest BCUT2D eigenvalue weighted by Crippen LogP contribution is -2.27. The van der Waals surface area contributed by atoms with Crippen LogP contribution in [0.2, 0.25) is 0 Å². The quantitative estimate of drug-likeness (QED) is 0.131. The first-order valence-electron chi connectivity index (χ1n) is 7.18. The first-order valence-corrected chi connectivity index (χ1v) is 9.04. The van der Waals surface area contributed by atoms with Crippen LogP contribution < -0.4 is 21.5 Å². The summed E-state index contributed by atoms with van der Waals surface area (Å²) in [6.45, 7) is 6.19. The Morgan fingerprint density at radius 3 is 2.71 bits per heavy atom. The number of nitrogen functional groups attached to an aromatic ring is 1. The molecule has 6 N–H and O–H groups in total. The Balaban J connectivity index is 2.54. The van der Waals surface area contributed by atoms with E-state index in [0.29, 0.717) is 24.5 Å². The molecular formula is C15H22ClN5O2S. The summed E-state index contributed by atoms with van der Waals surface area (Å²) >= 11 is 5.57. The summed E-state index contributed by atoms with van der Waals surface area (Å²) in [5.74, 6) is 0.496. The Bertz CT molecular complexity index is 740. The molecule has 9 heteroatoms. The summed E-state index contributed by atoms with van der Waals surface area (Å²) in [7, 11) is -3.58. The summed E-state index contributed by atoms with van der Waals surface area (Å²) in [5, 5.41) is 2.94. The van der Waals surface area contributed by atoms with E-state index in [1.54, 1.807) is 25.1 Å². The highest BCUT2D eigenvalue weighted by molar-refractivity contribution is 7.89. The van der Waals surface area contributed by atoms with Crippen molar-refractivity contribution in [3.63, 3.8) is 0 Å². The maximum absolute atomic E-state index is 12.1. The van der Waals surface area contributed by atoms with Gasteiger partial charge in [0.25, 0.3) is 0 Å². The SMILES string of the molecule is C=C/C(C)=C(\N=C(N)Cl)NCCCNS(=O)(=O)c1cccc(N)c1. The fraction of sp³-hybridized carbons (Fsp3) is 0.267. The third kappa shape index (κ3) is 6.61. The second-order valence-corrected chi connectivity index (χ2v) is 7.08. The van der Waals surface area contributed by atoms with Crippen molar-refractivity contribution in [2.45, 2.75) is 18.2 Å². The number of allylic oxidation sites excluding steroid dienone is 2. The lowest BCUT2D eigenvalue weighted by atomic mass is 10.3. The monoisotopic (exact) mass is 371 g/mol. The Kier molecular flexibility index (Phi) is 7.76. The van der Waals surface area contributed by atoms with Gasteiger partial charge in [-0.05, 0) is 48.7 Å². The Hall–Kier alpha value is -2.03. The molecule has 0 aromatic heterocycles. The highest BCUT2D eigenvalue weighted by Gasteiger charge is 2.13. The molecule has 1 aromatic rings. The highest BCUT2D eigenvalue weighted by atomic mass is 35.5. The van der Waals surface area contributed by atoms with E-state index in [1.165, 1.54) is 12.1 Å². The number of nitrogens with two attached hydrogens (primary N) is 2. The van der Waals surface area contributed by atoms with Crippen molar-refractivity contribution in [1.82, 2.24) is 10.0 Å². The lowest BCUT2D eigenvalue weighted by molar-refractivity contribution is 0.577. The summed E-state index contributed by atoms with van der Waals surface area (Å²) in [6.07, 6.45) is 2.15. The highest BCUT2D eigenvalue weighted by Crippen LogP contribution is 2.12. The van der Waals surface area contributed by atoms with E-state index in [1.807, 2.05) is 0 Å². The maximum atomic E-state index is 12.1. The van der Waals surface area contributed by atoms with E-state index in [0.717, 1.165) is 5.57 Å². The second kappa shape index (κ2) is 9.31. The van der Waals surface area contributed by atoms with Crippen molar-refractivity contribution >= 4 is 32.6 Å². The van der Waals surface area contributed by atoms with Crippen LogP contribution >= 0.6 is 11.6 Å². The predicted octanol–water partition coefficient (Wildman–Crippen LogP) is 1.50. The molecule has 0 spiro atoms. The van der Waals surface area contributed by atoms with E-state index >= 15 is 0 Å². The van der Waals surface area contributed by atoms with Gasteiger partial charge in [0.15, 0.2) is 5.29 Å². The van der Waals surface area contributed by atoms with Gasteiger partial charge in [0, 0.05) is 18.8 Å². The molecule has 0 bridgehead atoms. The molecule has 0 radical (unpaired) electrons. The van der Waals surface area contributed by atoms with Crippen molar-refractivity contribution in [1.29, 1.82) is 0 Å². The molecule has 132 valence electrons. The molecule has 0 unspecified atom stereocenters. The largest absolute Gasteiger partial charge is 0.399 e. The van der Waals surface area contributed by atoms with Crippen molar-refractivity contribution in [3.8, 4) is 0 Å². The van der Waals surface area contributed by atoms with Gasteiger partial charge in [-0.2, -0.15) is 0 Å². The summed E-state index contributed by atoms with van der Waals surface area (Å²) in [4.78, 5) is 4.09. The average Bonchev–Trinajstić information content (AvgIpc) is 2.52. The molecule has 7 nitrogen and oxygen atoms in total. The number of anilines is 1. The van der Waals surface area contributed by atoms with Gasteiger partial charge >= 0.3 is 0 Å². The van der Waals surface area contributed by atoms with Crippen molar-refractivity contribution in [3.05, 3.63) is 48.3 Å². The molecule has 0 amide bonds. The summed E-state index contributed by atoms with van der Waals surface area (Å²) in [6, 6.07) is 6.12.